The first kappa shape index (κ1) is 23.7. The van der Waals surface area contributed by atoms with Gasteiger partial charge in [-0.2, -0.15) is 0 Å². The van der Waals surface area contributed by atoms with Crippen molar-refractivity contribution in [2.45, 2.75) is 45.3 Å². The van der Waals surface area contributed by atoms with Gasteiger partial charge >= 0.3 is 6.03 Å². The maximum atomic E-state index is 12.4. The molecule has 2 N–H and O–H groups in total. The number of urea groups is 1. The van der Waals surface area contributed by atoms with Crippen LogP contribution in [0.4, 0.5) is 4.79 Å². The van der Waals surface area contributed by atoms with Crippen molar-refractivity contribution in [3.8, 4) is 17.2 Å². The Labute approximate surface area is 191 Å². The van der Waals surface area contributed by atoms with Gasteiger partial charge in [0.2, 0.25) is 0 Å². The lowest BCUT2D eigenvalue weighted by Gasteiger charge is -2.41. The number of amides is 2. The molecule has 7 heteroatoms. The number of nitrogens with one attached hydrogen (secondary N) is 2. The van der Waals surface area contributed by atoms with Crippen molar-refractivity contribution < 1.29 is 19.0 Å². The number of rotatable bonds is 9. The Morgan fingerprint density at radius 2 is 1.88 bits per heavy atom. The number of methoxy groups -OCH3 is 3. The van der Waals surface area contributed by atoms with Crippen LogP contribution in [0.2, 0.25) is 0 Å². The van der Waals surface area contributed by atoms with E-state index in [1.807, 2.05) is 19.1 Å². The molecule has 1 aliphatic heterocycles. The molecule has 2 amide bonds. The first-order chi connectivity index (χ1) is 15.5. The van der Waals surface area contributed by atoms with Crippen molar-refractivity contribution in [3.63, 3.8) is 0 Å². The molecule has 0 saturated carbocycles. The molecule has 2 aromatic carbocycles. The topological polar surface area (TPSA) is 72.1 Å². The fourth-order valence-electron chi connectivity index (χ4n) is 4.37. The molecule has 0 aromatic heterocycles. The second kappa shape index (κ2) is 11.1. The van der Waals surface area contributed by atoms with E-state index in [0.29, 0.717) is 12.3 Å². The number of nitrogens with zero attached hydrogens (tertiary/aromatic N) is 1. The molecule has 0 unspecified atom stereocenters. The van der Waals surface area contributed by atoms with Crippen LogP contribution < -0.4 is 24.8 Å². The largest absolute Gasteiger partial charge is 0.497 e. The molecule has 3 rings (SSSR count). The van der Waals surface area contributed by atoms with E-state index < -0.39 is 0 Å². The third-order valence-electron chi connectivity index (χ3n) is 5.91. The molecular formula is C25H35N3O4. The van der Waals surface area contributed by atoms with Crippen molar-refractivity contribution >= 4 is 6.03 Å². The molecule has 32 heavy (non-hydrogen) atoms. The van der Waals surface area contributed by atoms with Crippen molar-refractivity contribution in [2.24, 2.45) is 0 Å². The molecular weight excluding hydrogens is 406 g/mol. The monoisotopic (exact) mass is 441 g/mol. The van der Waals surface area contributed by atoms with Crippen LogP contribution in [0.15, 0.2) is 36.4 Å². The quantitative estimate of drug-likeness (QED) is 0.617. The van der Waals surface area contributed by atoms with E-state index in [2.05, 4.69) is 46.7 Å². The maximum Gasteiger partial charge on any atom is 0.315 e. The number of benzene rings is 2. The van der Waals surface area contributed by atoms with Gasteiger partial charge in [-0.3, -0.25) is 4.90 Å². The van der Waals surface area contributed by atoms with Crippen LogP contribution in [-0.4, -0.2) is 51.4 Å². The van der Waals surface area contributed by atoms with Gasteiger partial charge in [-0.25, -0.2) is 4.79 Å². The van der Waals surface area contributed by atoms with Gasteiger partial charge in [0.05, 0.1) is 27.4 Å². The molecule has 0 spiro atoms. The molecule has 1 heterocycles. The predicted molar refractivity (Wildman–Crippen MR) is 126 cm³/mol. The zero-order chi connectivity index (χ0) is 23.1. The first-order valence-corrected chi connectivity index (χ1v) is 11.2. The van der Waals surface area contributed by atoms with Crippen molar-refractivity contribution in [2.75, 3.05) is 34.4 Å². The molecule has 0 saturated heterocycles. The van der Waals surface area contributed by atoms with E-state index in [1.165, 1.54) is 11.1 Å². The Bertz CT molecular complexity index is 918. The average molecular weight is 442 g/mol. The highest BCUT2D eigenvalue weighted by molar-refractivity contribution is 5.74. The number of ether oxygens (including phenoxy) is 3. The van der Waals surface area contributed by atoms with Gasteiger partial charge in [0.25, 0.3) is 0 Å². The predicted octanol–water partition coefficient (Wildman–Crippen LogP) is 3.91. The third kappa shape index (κ3) is 5.46. The van der Waals surface area contributed by atoms with Gasteiger partial charge in [-0.05, 0) is 60.7 Å². The maximum absolute atomic E-state index is 12.4. The number of fused-ring (bicyclic) bond motifs is 1. The highest BCUT2D eigenvalue weighted by Gasteiger charge is 2.33. The zero-order valence-electron chi connectivity index (χ0n) is 19.7. The SMILES string of the molecule is CCCNC(=O)N[C@H](C)[C@@H]1c2cc(OC)c(OC)cc2CCN1Cc1cccc(OC)c1. The Balaban J connectivity index is 1.94. The fraction of sp³-hybridized carbons (Fsp3) is 0.480. The molecule has 174 valence electrons. The summed E-state index contributed by atoms with van der Waals surface area (Å²) in [4.78, 5) is 14.8. The van der Waals surface area contributed by atoms with E-state index in [9.17, 15) is 4.79 Å². The highest BCUT2D eigenvalue weighted by atomic mass is 16.5. The molecule has 0 bridgehead atoms. The second-order valence-electron chi connectivity index (χ2n) is 8.11. The van der Waals surface area contributed by atoms with E-state index >= 15 is 0 Å². The van der Waals surface area contributed by atoms with Crippen LogP contribution in [0.1, 0.15) is 43.0 Å². The van der Waals surface area contributed by atoms with E-state index in [4.69, 9.17) is 14.2 Å². The summed E-state index contributed by atoms with van der Waals surface area (Å²) in [6, 6.07) is 12.0. The van der Waals surface area contributed by atoms with E-state index in [-0.39, 0.29) is 18.1 Å². The second-order valence-corrected chi connectivity index (χ2v) is 8.11. The Hall–Kier alpha value is -2.93. The zero-order valence-corrected chi connectivity index (χ0v) is 19.7. The van der Waals surface area contributed by atoms with Crippen LogP contribution in [0.3, 0.4) is 0 Å². The van der Waals surface area contributed by atoms with Gasteiger partial charge in [-0.1, -0.05) is 19.1 Å². The summed E-state index contributed by atoms with van der Waals surface area (Å²) in [6.45, 7) is 6.36. The normalized spacial score (nSPS) is 16.6. The lowest BCUT2D eigenvalue weighted by molar-refractivity contribution is 0.143. The highest BCUT2D eigenvalue weighted by Crippen LogP contribution is 2.40. The molecule has 2 atom stereocenters. The summed E-state index contributed by atoms with van der Waals surface area (Å²) in [6.07, 6.45) is 1.79. The van der Waals surface area contributed by atoms with Crippen LogP contribution in [0.25, 0.3) is 0 Å². The molecule has 0 fully saturated rings. The Morgan fingerprint density at radius 1 is 1.12 bits per heavy atom. The van der Waals surface area contributed by atoms with Gasteiger partial charge in [-0.15, -0.1) is 0 Å². The fourth-order valence-corrected chi connectivity index (χ4v) is 4.37. The van der Waals surface area contributed by atoms with Crippen molar-refractivity contribution in [1.82, 2.24) is 15.5 Å². The number of hydrogen-bond donors (Lipinski definition) is 2. The summed E-state index contributed by atoms with van der Waals surface area (Å²) >= 11 is 0. The molecule has 1 aliphatic rings. The van der Waals surface area contributed by atoms with E-state index in [0.717, 1.165) is 43.0 Å². The van der Waals surface area contributed by atoms with Gasteiger partial charge in [0, 0.05) is 25.7 Å². The molecule has 0 aliphatic carbocycles. The average Bonchev–Trinajstić information content (AvgIpc) is 2.81. The van der Waals surface area contributed by atoms with Crippen molar-refractivity contribution in [1.29, 1.82) is 0 Å². The summed E-state index contributed by atoms with van der Waals surface area (Å²) < 4.78 is 16.5. The van der Waals surface area contributed by atoms with Gasteiger partial charge < -0.3 is 24.8 Å². The smallest absolute Gasteiger partial charge is 0.315 e. The first-order valence-electron chi connectivity index (χ1n) is 11.2. The summed E-state index contributed by atoms with van der Waals surface area (Å²) in [7, 11) is 4.98. The minimum Gasteiger partial charge on any atom is -0.497 e. The standard InChI is InChI=1S/C25H35N3O4/c1-6-11-26-25(29)27-17(2)24-21-15-23(32-5)22(31-4)14-19(21)10-12-28(24)16-18-8-7-9-20(13-18)30-3/h7-9,13-15,17,24H,6,10-12,16H2,1-5H3,(H2,26,27,29)/t17-,24-/m1/s1. The number of carbonyl (C=O) groups excluding carboxylic acids is 1. The van der Waals surface area contributed by atoms with E-state index in [1.54, 1.807) is 21.3 Å². The van der Waals surface area contributed by atoms with Crippen LogP contribution in [-0.2, 0) is 13.0 Å². The minimum atomic E-state index is -0.145. The number of hydrogen-bond acceptors (Lipinski definition) is 5. The van der Waals surface area contributed by atoms with Crippen LogP contribution in [0, 0.1) is 0 Å². The van der Waals surface area contributed by atoms with Gasteiger partial charge in [0.15, 0.2) is 11.5 Å². The molecule has 7 nitrogen and oxygen atoms in total. The molecule has 0 radical (unpaired) electrons. The lowest BCUT2D eigenvalue weighted by Crippen LogP contribution is -2.49. The Morgan fingerprint density at radius 3 is 2.56 bits per heavy atom. The van der Waals surface area contributed by atoms with Crippen LogP contribution in [0.5, 0.6) is 17.2 Å². The Kier molecular flexibility index (Phi) is 8.22. The minimum absolute atomic E-state index is 0.0165. The summed E-state index contributed by atoms with van der Waals surface area (Å²) in [5.41, 5.74) is 3.54. The lowest BCUT2D eigenvalue weighted by atomic mass is 9.87. The molecule has 2 aromatic rings. The summed E-state index contributed by atoms with van der Waals surface area (Å²) in [5, 5.41) is 6.06. The number of carbonyl (C=O) groups is 1. The van der Waals surface area contributed by atoms with Gasteiger partial charge in [0.1, 0.15) is 5.75 Å². The summed E-state index contributed by atoms with van der Waals surface area (Å²) in [5.74, 6) is 2.27. The van der Waals surface area contributed by atoms with Crippen molar-refractivity contribution in [3.05, 3.63) is 53.1 Å². The third-order valence-corrected chi connectivity index (χ3v) is 5.91. The van der Waals surface area contributed by atoms with Crippen LogP contribution >= 0.6 is 0 Å².